The molecule has 0 unspecified atom stereocenters. The molecular formula is C26H30ClN5O5. The predicted molar refractivity (Wildman–Crippen MR) is 140 cm³/mol. The third kappa shape index (κ3) is 6.71. The molecule has 1 aliphatic carbocycles. The minimum absolute atomic E-state index is 0.255. The number of halogens is 1. The Labute approximate surface area is 220 Å². The maximum absolute atomic E-state index is 12.0. The van der Waals surface area contributed by atoms with Gasteiger partial charge >= 0.3 is 6.03 Å². The van der Waals surface area contributed by atoms with Crippen molar-refractivity contribution in [1.82, 2.24) is 20.2 Å². The number of aromatic nitrogens is 2. The van der Waals surface area contributed by atoms with Gasteiger partial charge in [0.05, 0.1) is 48.5 Å². The molecule has 5 rings (SSSR count). The Balaban J connectivity index is 1.25. The molecule has 0 atom stereocenters. The molecule has 1 aliphatic heterocycles. The predicted octanol–water partition coefficient (Wildman–Crippen LogP) is 4.47. The van der Waals surface area contributed by atoms with Gasteiger partial charge in [-0.15, -0.1) is 0 Å². The highest BCUT2D eigenvalue weighted by molar-refractivity contribution is 6.33. The second-order valence-corrected chi connectivity index (χ2v) is 9.38. The molecule has 2 N–H and O–H groups in total. The molecule has 2 aromatic carbocycles. The van der Waals surface area contributed by atoms with Gasteiger partial charge in [0, 0.05) is 37.8 Å². The lowest BCUT2D eigenvalue weighted by Gasteiger charge is -2.26. The highest BCUT2D eigenvalue weighted by Crippen LogP contribution is 2.37. The van der Waals surface area contributed by atoms with E-state index in [1.54, 1.807) is 25.3 Å². The summed E-state index contributed by atoms with van der Waals surface area (Å²) >= 11 is 6.39. The van der Waals surface area contributed by atoms with Crippen molar-refractivity contribution >= 4 is 34.2 Å². The maximum Gasteiger partial charge on any atom is 0.319 e. The molecule has 196 valence electrons. The number of hydrogen-bond donors (Lipinski definition) is 2. The Morgan fingerprint density at radius 2 is 2.00 bits per heavy atom. The first-order valence-electron chi connectivity index (χ1n) is 12.4. The van der Waals surface area contributed by atoms with E-state index in [2.05, 4.69) is 25.5 Å². The molecule has 0 bridgehead atoms. The summed E-state index contributed by atoms with van der Waals surface area (Å²) < 4.78 is 23.0. The normalized spacial score (nSPS) is 15.8. The van der Waals surface area contributed by atoms with Crippen LogP contribution in [0.25, 0.3) is 10.9 Å². The van der Waals surface area contributed by atoms with E-state index in [4.69, 9.17) is 30.5 Å². The van der Waals surface area contributed by atoms with E-state index in [1.807, 2.05) is 12.1 Å². The molecule has 10 nitrogen and oxygen atoms in total. The number of ether oxygens (including phenoxy) is 4. The number of hydrogen-bond acceptors (Lipinski definition) is 8. The largest absolute Gasteiger partial charge is 0.493 e. The third-order valence-electron chi connectivity index (χ3n) is 6.18. The third-order valence-corrected chi connectivity index (χ3v) is 6.49. The quantitative estimate of drug-likeness (QED) is 0.372. The fourth-order valence-electron chi connectivity index (χ4n) is 4.03. The monoisotopic (exact) mass is 527 g/mol. The van der Waals surface area contributed by atoms with Crippen molar-refractivity contribution in [3.63, 3.8) is 0 Å². The zero-order chi connectivity index (χ0) is 25.6. The van der Waals surface area contributed by atoms with Crippen molar-refractivity contribution in [3.05, 3.63) is 41.7 Å². The average Bonchev–Trinajstić information content (AvgIpc) is 3.72. The van der Waals surface area contributed by atoms with Gasteiger partial charge in [-0.3, -0.25) is 4.90 Å². The van der Waals surface area contributed by atoms with Crippen LogP contribution < -0.4 is 24.8 Å². The number of fused-ring (bicyclic) bond motifs is 1. The van der Waals surface area contributed by atoms with E-state index in [9.17, 15) is 4.79 Å². The summed E-state index contributed by atoms with van der Waals surface area (Å²) in [6.45, 7) is 5.01. The van der Waals surface area contributed by atoms with Gasteiger partial charge in [-0.2, -0.15) is 0 Å². The Hall–Kier alpha value is -3.34. The van der Waals surface area contributed by atoms with Gasteiger partial charge in [-0.05, 0) is 37.5 Å². The van der Waals surface area contributed by atoms with Crippen LogP contribution in [0.15, 0.2) is 36.7 Å². The summed E-state index contributed by atoms with van der Waals surface area (Å²) in [5.74, 6) is 2.01. The lowest BCUT2D eigenvalue weighted by atomic mass is 10.2. The number of morpholine rings is 1. The molecule has 2 aliphatic rings. The zero-order valence-electron chi connectivity index (χ0n) is 20.7. The SMILES string of the molecule is COc1cc2c(Oc3ccc(NC(=O)NC4CC4)c(Cl)c3)ncnc2cc1OCCCN1CCOCC1. The van der Waals surface area contributed by atoms with Gasteiger partial charge in [-0.1, -0.05) is 11.6 Å². The number of urea groups is 1. The molecule has 3 aromatic rings. The summed E-state index contributed by atoms with van der Waals surface area (Å²) in [6, 6.07) is 8.66. The number of nitrogens with zero attached hydrogens (tertiary/aromatic N) is 3. The highest BCUT2D eigenvalue weighted by Gasteiger charge is 2.23. The van der Waals surface area contributed by atoms with Crippen molar-refractivity contribution in [3.8, 4) is 23.1 Å². The van der Waals surface area contributed by atoms with Crippen molar-refractivity contribution in [2.75, 3.05) is 51.9 Å². The topological polar surface area (TPSA) is 107 Å². The number of rotatable bonds is 10. The molecule has 1 aromatic heterocycles. The van der Waals surface area contributed by atoms with Crippen LogP contribution in [-0.2, 0) is 4.74 Å². The van der Waals surface area contributed by atoms with Crippen LogP contribution in [0.1, 0.15) is 19.3 Å². The molecule has 11 heteroatoms. The summed E-state index contributed by atoms with van der Waals surface area (Å²) in [4.78, 5) is 23.1. The average molecular weight is 528 g/mol. The zero-order valence-corrected chi connectivity index (χ0v) is 21.4. The second kappa shape index (κ2) is 11.8. The number of nitrogens with one attached hydrogen (secondary N) is 2. The Bertz CT molecular complexity index is 1250. The smallest absolute Gasteiger partial charge is 0.319 e. The summed E-state index contributed by atoms with van der Waals surface area (Å²) in [6.07, 6.45) is 4.35. The Morgan fingerprint density at radius 3 is 2.76 bits per heavy atom. The van der Waals surface area contributed by atoms with Crippen LogP contribution in [0.5, 0.6) is 23.1 Å². The maximum atomic E-state index is 12.0. The fourth-order valence-corrected chi connectivity index (χ4v) is 4.25. The number of methoxy groups -OCH3 is 1. The van der Waals surface area contributed by atoms with E-state index in [-0.39, 0.29) is 12.1 Å². The number of carbonyl (C=O) groups is 1. The van der Waals surface area contributed by atoms with Crippen molar-refractivity contribution in [1.29, 1.82) is 0 Å². The van der Waals surface area contributed by atoms with Crippen molar-refractivity contribution in [2.45, 2.75) is 25.3 Å². The lowest BCUT2D eigenvalue weighted by Crippen LogP contribution is -2.37. The van der Waals surface area contributed by atoms with Crippen LogP contribution in [0, 0.1) is 0 Å². The Morgan fingerprint density at radius 1 is 1.16 bits per heavy atom. The van der Waals surface area contributed by atoms with Crippen molar-refractivity contribution < 1.29 is 23.7 Å². The number of amides is 2. The minimum atomic E-state index is -0.272. The molecule has 0 radical (unpaired) electrons. The second-order valence-electron chi connectivity index (χ2n) is 8.97. The minimum Gasteiger partial charge on any atom is -0.493 e. The molecule has 2 amide bonds. The molecule has 2 heterocycles. The lowest BCUT2D eigenvalue weighted by molar-refractivity contribution is 0.0357. The summed E-state index contributed by atoms with van der Waals surface area (Å²) in [7, 11) is 1.59. The van der Waals surface area contributed by atoms with Crippen molar-refractivity contribution in [2.24, 2.45) is 0 Å². The molecule has 1 saturated heterocycles. The van der Waals surface area contributed by atoms with Crippen LogP contribution >= 0.6 is 11.6 Å². The van der Waals surface area contributed by atoms with E-state index >= 15 is 0 Å². The first-order chi connectivity index (χ1) is 18.1. The van der Waals surface area contributed by atoms with E-state index in [1.165, 1.54) is 6.33 Å². The van der Waals surface area contributed by atoms with Crippen LogP contribution in [0.2, 0.25) is 5.02 Å². The van der Waals surface area contributed by atoms with Crippen LogP contribution in [0.4, 0.5) is 10.5 Å². The fraction of sp³-hybridized carbons (Fsp3) is 0.423. The van der Waals surface area contributed by atoms with E-state index < -0.39 is 0 Å². The number of benzene rings is 2. The van der Waals surface area contributed by atoms with Gasteiger partial charge < -0.3 is 29.6 Å². The molecule has 37 heavy (non-hydrogen) atoms. The summed E-state index contributed by atoms with van der Waals surface area (Å²) in [5.41, 5.74) is 1.16. The molecular weight excluding hydrogens is 498 g/mol. The standard InChI is InChI=1S/C26H30ClN5O5/c1-34-23-14-19-22(15-24(23)36-10-2-7-32-8-11-35-12-9-32)28-16-29-25(19)37-18-5-6-21(20(27)13-18)31-26(33)30-17-3-4-17/h5-6,13-17H,2-4,7-12H2,1H3,(H2,30,31,33). The van der Waals surface area contributed by atoms with Gasteiger partial charge in [0.15, 0.2) is 11.5 Å². The van der Waals surface area contributed by atoms with Gasteiger partial charge in [0.1, 0.15) is 12.1 Å². The van der Waals surface area contributed by atoms with Crippen LogP contribution in [0.3, 0.4) is 0 Å². The molecule has 2 fully saturated rings. The van der Waals surface area contributed by atoms with E-state index in [0.717, 1.165) is 52.1 Å². The first-order valence-corrected chi connectivity index (χ1v) is 12.8. The van der Waals surface area contributed by atoms with E-state index in [0.29, 0.717) is 51.3 Å². The van der Waals surface area contributed by atoms with Crippen LogP contribution in [-0.4, -0.2) is 73.5 Å². The number of anilines is 1. The van der Waals surface area contributed by atoms with Gasteiger partial charge in [0.25, 0.3) is 0 Å². The molecule has 0 spiro atoms. The van der Waals surface area contributed by atoms with Gasteiger partial charge in [0.2, 0.25) is 5.88 Å². The Kier molecular flexibility index (Phi) is 8.08. The summed E-state index contributed by atoms with van der Waals surface area (Å²) in [5, 5.41) is 6.65. The molecule has 1 saturated carbocycles. The first kappa shape index (κ1) is 25.3. The van der Waals surface area contributed by atoms with Gasteiger partial charge in [-0.25, -0.2) is 14.8 Å². The number of carbonyl (C=O) groups excluding carboxylic acids is 1. The highest BCUT2D eigenvalue weighted by atomic mass is 35.5.